The van der Waals surface area contributed by atoms with Crippen LogP contribution in [0.25, 0.3) is 12.2 Å². The molecule has 0 bridgehead atoms. The van der Waals surface area contributed by atoms with Crippen molar-refractivity contribution in [2.45, 2.75) is 0 Å². The number of aromatic amines is 1. The highest BCUT2D eigenvalue weighted by molar-refractivity contribution is 5.91. The topological polar surface area (TPSA) is 28.1 Å². The number of aromatic nitrogens is 1. The van der Waals surface area contributed by atoms with Crippen LogP contribution in [-0.2, 0) is 0 Å². The lowest BCUT2D eigenvalue weighted by atomic mass is 10.3. The molecule has 1 aromatic rings. The summed E-state index contributed by atoms with van der Waals surface area (Å²) < 4.78 is 0. The van der Waals surface area contributed by atoms with Gasteiger partial charge in [0.2, 0.25) is 0 Å². The van der Waals surface area contributed by atoms with Gasteiger partial charge in [-0.1, -0.05) is 6.08 Å². The van der Waals surface area contributed by atoms with Crippen LogP contribution in [0, 0.1) is 0 Å². The molecule has 54 valence electrons. The molecule has 1 aliphatic rings. The summed E-state index contributed by atoms with van der Waals surface area (Å²) in [5.41, 5.74) is 0. The van der Waals surface area contributed by atoms with Crippen LogP contribution in [0.2, 0.25) is 0 Å². The molecule has 0 atom stereocenters. The zero-order chi connectivity index (χ0) is 7.52. The van der Waals surface area contributed by atoms with Crippen LogP contribution in [0.1, 0.15) is 0 Å². The summed E-state index contributed by atoms with van der Waals surface area (Å²) in [6.07, 6.45) is 11.4. The highest BCUT2D eigenvalue weighted by Gasteiger charge is 1.83. The maximum Gasteiger partial charge on any atom is 0.0469 e. The lowest BCUT2D eigenvalue weighted by Crippen LogP contribution is -2.22. The highest BCUT2D eigenvalue weighted by atomic mass is 14.7. The SMILES string of the molecule is C1=C\N=C/C=c2/[nH]cc/c2=C/1. The van der Waals surface area contributed by atoms with Gasteiger partial charge in [-0.25, -0.2) is 0 Å². The molecule has 0 amide bonds. The molecule has 0 radical (unpaired) electrons. The van der Waals surface area contributed by atoms with Crippen LogP contribution in [0.15, 0.2) is 29.5 Å². The van der Waals surface area contributed by atoms with E-state index in [-0.39, 0.29) is 0 Å². The van der Waals surface area contributed by atoms with Crippen molar-refractivity contribution in [3.05, 3.63) is 35.1 Å². The Hall–Kier alpha value is -1.57. The molecule has 1 aliphatic heterocycles. The standard InChI is InChI=1S/C9H8N2/c1-2-8-3-7-11-9(8)4-6-10-5-1/h1-7,11H/b2-1?,5-1-,6-4?,8-2-,9-4+,10-5?,10-6-. The van der Waals surface area contributed by atoms with Gasteiger partial charge in [-0.2, -0.15) is 0 Å². The van der Waals surface area contributed by atoms with Gasteiger partial charge in [0, 0.05) is 24.0 Å². The molecule has 0 unspecified atom stereocenters. The van der Waals surface area contributed by atoms with Crippen LogP contribution in [0.4, 0.5) is 0 Å². The summed E-state index contributed by atoms with van der Waals surface area (Å²) >= 11 is 0. The largest absolute Gasteiger partial charge is 0.361 e. The molecule has 2 heteroatoms. The lowest BCUT2D eigenvalue weighted by Gasteiger charge is -1.81. The van der Waals surface area contributed by atoms with Crippen molar-refractivity contribution in [3.8, 4) is 0 Å². The quantitative estimate of drug-likeness (QED) is 0.538. The Morgan fingerprint density at radius 3 is 3.27 bits per heavy atom. The number of aliphatic imine (C=N–C) groups is 1. The van der Waals surface area contributed by atoms with Gasteiger partial charge < -0.3 is 4.98 Å². The van der Waals surface area contributed by atoms with E-state index >= 15 is 0 Å². The average molecular weight is 144 g/mol. The summed E-state index contributed by atoms with van der Waals surface area (Å²) in [5.74, 6) is 0. The molecule has 0 fully saturated rings. The second-order valence-corrected chi connectivity index (χ2v) is 2.32. The van der Waals surface area contributed by atoms with E-state index in [1.54, 1.807) is 12.4 Å². The third-order valence-electron chi connectivity index (χ3n) is 1.59. The van der Waals surface area contributed by atoms with Crippen LogP contribution in [0.5, 0.6) is 0 Å². The Kier molecular flexibility index (Phi) is 1.44. The first kappa shape index (κ1) is 6.16. The third-order valence-corrected chi connectivity index (χ3v) is 1.59. The van der Waals surface area contributed by atoms with Crippen molar-refractivity contribution < 1.29 is 0 Å². The van der Waals surface area contributed by atoms with Crippen LogP contribution in [-0.4, -0.2) is 11.2 Å². The van der Waals surface area contributed by atoms with Gasteiger partial charge >= 0.3 is 0 Å². The van der Waals surface area contributed by atoms with E-state index in [0.717, 1.165) is 5.35 Å². The summed E-state index contributed by atoms with van der Waals surface area (Å²) in [4.78, 5) is 7.11. The fourth-order valence-corrected chi connectivity index (χ4v) is 1.05. The zero-order valence-corrected chi connectivity index (χ0v) is 5.99. The first-order chi connectivity index (χ1) is 5.47. The van der Waals surface area contributed by atoms with Gasteiger partial charge in [0.15, 0.2) is 0 Å². The van der Waals surface area contributed by atoms with Gasteiger partial charge in [-0.3, -0.25) is 4.99 Å². The minimum atomic E-state index is 1.11. The first-order valence-electron chi connectivity index (χ1n) is 3.50. The lowest BCUT2D eigenvalue weighted by molar-refractivity contribution is 1.32. The molecule has 0 aliphatic carbocycles. The molecular formula is C9H8N2. The molecule has 0 spiro atoms. The molecule has 1 N–H and O–H groups in total. The predicted molar refractivity (Wildman–Crippen MR) is 46.6 cm³/mol. The van der Waals surface area contributed by atoms with Crippen LogP contribution in [0.3, 0.4) is 0 Å². The number of allylic oxidation sites excluding steroid dienone is 1. The van der Waals surface area contributed by atoms with E-state index in [1.165, 1.54) is 5.22 Å². The van der Waals surface area contributed by atoms with E-state index in [4.69, 9.17) is 0 Å². The number of nitrogens with one attached hydrogen (secondary N) is 1. The Balaban J connectivity index is 2.80. The van der Waals surface area contributed by atoms with Crippen LogP contribution < -0.4 is 10.6 Å². The number of hydrogen-bond donors (Lipinski definition) is 1. The van der Waals surface area contributed by atoms with Gasteiger partial charge in [-0.05, 0) is 23.4 Å². The minimum absolute atomic E-state index is 1.11. The normalized spacial score (nSPS) is 26.2. The smallest absolute Gasteiger partial charge is 0.0469 e. The Labute approximate surface area is 64.3 Å². The summed E-state index contributed by atoms with van der Waals surface area (Å²) in [7, 11) is 0. The van der Waals surface area contributed by atoms with Gasteiger partial charge in [0.25, 0.3) is 0 Å². The van der Waals surface area contributed by atoms with Crippen molar-refractivity contribution in [1.82, 2.24) is 4.98 Å². The summed E-state index contributed by atoms with van der Waals surface area (Å²) in [6.45, 7) is 0. The van der Waals surface area contributed by atoms with E-state index in [2.05, 4.69) is 9.98 Å². The minimum Gasteiger partial charge on any atom is -0.361 e. The summed E-state index contributed by atoms with van der Waals surface area (Å²) in [5, 5.41) is 2.31. The Morgan fingerprint density at radius 1 is 1.27 bits per heavy atom. The molecule has 2 rings (SSSR count). The molecule has 0 saturated heterocycles. The summed E-state index contributed by atoms with van der Waals surface area (Å²) in [6, 6.07) is 2.04. The maximum absolute atomic E-state index is 4.00. The molecular weight excluding hydrogens is 136 g/mol. The highest BCUT2D eigenvalue weighted by Crippen LogP contribution is 1.78. The van der Waals surface area contributed by atoms with Crippen molar-refractivity contribution in [2.75, 3.05) is 0 Å². The van der Waals surface area contributed by atoms with E-state index in [1.807, 2.05) is 30.5 Å². The van der Waals surface area contributed by atoms with Gasteiger partial charge in [-0.15, -0.1) is 0 Å². The number of fused-ring (bicyclic) bond motifs is 1. The first-order valence-corrected chi connectivity index (χ1v) is 3.50. The molecule has 0 aromatic carbocycles. The third kappa shape index (κ3) is 1.15. The van der Waals surface area contributed by atoms with Gasteiger partial charge in [0.05, 0.1) is 0 Å². The molecule has 2 heterocycles. The van der Waals surface area contributed by atoms with E-state index < -0.39 is 0 Å². The average Bonchev–Trinajstić information content (AvgIpc) is 2.35. The monoisotopic (exact) mass is 144 g/mol. The van der Waals surface area contributed by atoms with Crippen molar-refractivity contribution in [1.29, 1.82) is 0 Å². The van der Waals surface area contributed by atoms with Crippen molar-refractivity contribution in [3.63, 3.8) is 0 Å². The fraction of sp³-hybridized carbons (Fsp3) is 0. The molecule has 2 nitrogen and oxygen atoms in total. The molecule has 11 heavy (non-hydrogen) atoms. The number of rotatable bonds is 0. The number of hydrogen-bond acceptors (Lipinski definition) is 1. The zero-order valence-electron chi connectivity index (χ0n) is 5.99. The van der Waals surface area contributed by atoms with Crippen molar-refractivity contribution >= 4 is 18.4 Å². The van der Waals surface area contributed by atoms with E-state index in [9.17, 15) is 0 Å². The Morgan fingerprint density at radius 2 is 2.27 bits per heavy atom. The van der Waals surface area contributed by atoms with Crippen molar-refractivity contribution in [2.24, 2.45) is 4.99 Å². The van der Waals surface area contributed by atoms with E-state index in [0.29, 0.717) is 0 Å². The molecule has 0 saturated carbocycles. The van der Waals surface area contributed by atoms with Crippen LogP contribution >= 0.6 is 0 Å². The maximum atomic E-state index is 4.00. The number of H-pyrrole nitrogens is 1. The predicted octanol–water partition coefficient (Wildman–Crippen LogP) is 0.174. The number of nitrogens with zero attached hydrogens (tertiary/aromatic N) is 1. The Bertz CT molecular complexity index is 369. The van der Waals surface area contributed by atoms with Gasteiger partial charge in [0.1, 0.15) is 0 Å². The molecule has 1 aromatic heterocycles. The fourth-order valence-electron chi connectivity index (χ4n) is 1.05. The second kappa shape index (κ2) is 2.58. The second-order valence-electron chi connectivity index (χ2n) is 2.32.